The van der Waals surface area contributed by atoms with E-state index in [2.05, 4.69) is 14.9 Å². The number of rotatable bonds is 9. The Balaban J connectivity index is 2.06. The molecule has 7 heteroatoms. The Bertz CT molecular complexity index is 327. The third-order valence-electron chi connectivity index (χ3n) is 2.99. The van der Waals surface area contributed by atoms with Crippen molar-refractivity contribution in [1.29, 1.82) is 0 Å². The SMILES string of the molecule is CC(C)OCCS(=O)(=O)NCCCN1CCNCC1. The lowest BCUT2D eigenvalue weighted by atomic mass is 10.3. The van der Waals surface area contributed by atoms with Crippen LogP contribution in [0, 0.1) is 0 Å². The van der Waals surface area contributed by atoms with Crippen molar-refractivity contribution in [1.82, 2.24) is 14.9 Å². The first-order valence-corrected chi connectivity index (χ1v) is 8.67. The molecule has 1 aliphatic rings. The van der Waals surface area contributed by atoms with Crippen LogP contribution in [0.4, 0.5) is 0 Å². The lowest BCUT2D eigenvalue weighted by Crippen LogP contribution is -2.44. The summed E-state index contributed by atoms with van der Waals surface area (Å²) in [4.78, 5) is 2.35. The van der Waals surface area contributed by atoms with Crippen LogP contribution in [0.1, 0.15) is 20.3 Å². The van der Waals surface area contributed by atoms with E-state index in [1.165, 1.54) is 0 Å². The highest BCUT2D eigenvalue weighted by atomic mass is 32.2. The number of sulfonamides is 1. The molecule has 0 spiro atoms. The van der Waals surface area contributed by atoms with E-state index in [0.29, 0.717) is 6.54 Å². The molecule has 0 unspecified atom stereocenters. The summed E-state index contributed by atoms with van der Waals surface area (Å²) >= 11 is 0. The Hall–Kier alpha value is -0.210. The maximum atomic E-state index is 11.6. The summed E-state index contributed by atoms with van der Waals surface area (Å²) in [5.74, 6) is 0.0405. The topological polar surface area (TPSA) is 70.7 Å². The first kappa shape index (κ1) is 16.8. The smallest absolute Gasteiger partial charge is 0.213 e. The molecule has 0 atom stereocenters. The first-order valence-electron chi connectivity index (χ1n) is 7.01. The molecule has 1 fully saturated rings. The van der Waals surface area contributed by atoms with Gasteiger partial charge >= 0.3 is 0 Å². The Labute approximate surface area is 116 Å². The van der Waals surface area contributed by atoms with Crippen LogP contribution in [-0.2, 0) is 14.8 Å². The van der Waals surface area contributed by atoms with Gasteiger partial charge in [0.1, 0.15) is 0 Å². The number of nitrogens with one attached hydrogen (secondary N) is 2. The van der Waals surface area contributed by atoms with Gasteiger partial charge in [0.15, 0.2) is 0 Å². The van der Waals surface area contributed by atoms with Gasteiger partial charge in [-0.2, -0.15) is 0 Å². The molecule has 114 valence electrons. The molecule has 19 heavy (non-hydrogen) atoms. The number of ether oxygens (including phenoxy) is 1. The number of nitrogens with zero attached hydrogens (tertiary/aromatic N) is 1. The van der Waals surface area contributed by atoms with E-state index in [9.17, 15) is 8.42 Å². The van der Waals surface area contributed by atoms with Crippen molar-refractivity contribution < 1.29 is 13.2 Å². The molecular weight excluding hydrogens is 266 g/mol. The van der Waals surface area contributed by atoms with Crippen molar-refractivity contribution in [2.45, 2.75) is 26.4 Å². The lowest BCUT2D eigenvalue weighted by Gasteiger charge is -2.27. The van der Waals surface area contributed by atoms with Crippen molar-refractivity contribution in [2.24, 2.45) is 0 Å². The second-order valence-corrected chi connectivity index (χ2v) is 7.00. The molecule has 0 radical (unpaired) electrons. The Kier molecular flexibility index (Phi) is 7.86. The fraction of sp³-hybridized carbons (Fsp3) is 1.00. The minimum Gasteiger partial charge on any atom is -0.378 e. The molecule has 0 aromatic heterocycles. The summed E-state index contributed by atoms with van der Waals surface area (Å²) in [5, 5.41) is 3.29. The average molecular weight is 293 g/mol. The second kappa shape index (κ2) is 8.86. The quantitative estimate of drug-likeness (QED) is 0.568. The lowest BCUT2D eigenvalue weighted by molar-refractivity contribution is 0.0911. The van der Waals surface area contributed by atoms with Gasteiger partial charge in [0.05, 0.1) is 18.5 Å². The van der Waals surface area contributed by atoms with Crippen molar-refractivity contribution >= 4 is 10.0 Å². The van der Waals surface area contributed by atoms with Gasteiger partial charge in [-0.3, -0.25) is 0 Å². The summed E-state index contributed by atoms with van der Waals surface area (Å²) in [6, 6.07) is 0. The van der Waals surface area contributed by atoms with Crippen LogP contribution in [0.3, 0.4) is 0 Å². The summed E-state index contributed by atoms with van der Waals surface area (Å²) in [7, 11) is -3.19. The minimum atomic E-state index is -3.19. The predicted octanol–water partition coefficient (Wildman–Crippen LogP) is -0.374. The highest BCUT2D eigenvalue weighted by Gasteiger charge is 2.11. The van der Waals surface area contributed by atoms with Crippen LogP contribution in [0.25, 0.3) is 0 Å². The van der Waals surface area contributed by atoms with E-state index in [-0.39, 0.29) is 18.5 Å². The third kappa shape index (κ3) is 8.54. The molecule has 0 aliphatic carbocycles. The molecule has 0 amide bonds. The van der Waals surface area contributed by atoms with Crippen LogP contribution >= 0.6 is 0 Å². The standard InChI is InChI=1S/C12H27N3O3S/c1-12(2)18-10-11-19(16,17)14-4-3-7-15-8-5-13-6-9-15/h12-14H,3-11H2,1-2H3. The van der Waals surface area contributed by atoms with Gasteiger partial charge < -0.3 is 15.0 Å². The zero-order valence-electron chi connectivity index (χ0n) is 12.0. The molecule has 0 aromatic rings. The van der Waals surface area contributed by atoms with E-state index in [4.69, 9.17) is 4.74 Å². The molecule has 6 nitrogen and oxygen atoms in total. The molecule has 2 N–H and O–H groups in total. The highest BCUT2D eigenvalue weighted by Crippen LogP contribution is 1.95. The van der Waals surface area contributed by atoms with Gasteiger partial charge in [-0.15, -0.1) is 0 Å². The average Bonchev–Trinajstić information content (AvgIpc) is 2.35. The summed E-state index contributed by atoms with van der Waals surface area (Å²) in [5.41, 5.74) is 0. The van der Waals surface area contributed by atoms with E-state index in [1.807, 2.05) is 13.8 Å². The zero-order valence-corrected chi connectivity index (χ0v) is 12.8. The zero-order chi connectivity index (χ0) is 14.1. The van der Waals surface area contributed by atoms with Gasteiger partial charge in [0.2, 0.25) is 10.0 Å². The Morgan fingerprint density at radius 1 is 1.32 bits per heavy atom. The molecule has 0 saturated carbocycles. The van der Waals surface area contributed by atoms with Gasteiger partial charge in [-0.1, -0.05) is 0 Å². The van der Waals surface area contributed by atoms with Crippen LogP contribution in [-0.4, -0.2) is 71.0 Å². The Morgan fingerprint density at radius 2 is 2.00 bits per heavy atom. The molecule has 1 aliphatic heterocycles. The van der Waals surface area contributed by atoms with E-state index in [0.717, 1.165) is 39.1 Å². The molecule has 1 heterocycles. The van der Waals surface area contributed by atoms with Crippen LogP contribution in [0.2, 0.25) is 0 Å². The van der Waals surface area contributed by atoms with Gasteiger partial charge in [0.25, 0.3) is 0 Å². The van der Waals surface area contributed by atoms with Crippen molar-refractivity contribution in [3.8, 4) is 0 Å². The van der Waals surface area contributed by atoms with Crippen molar-refractivity contribution in [3.05, 3.63) is 0 Å². The predicted molar refractivity (Wildman–Crippen MR) is 76.8 cm³/mol. The van der Waals surface area contributed by atoms with E-state index < -0.39 is 10.0 Å². The van der Waals surface area contributed by atoms with Crippen molar-refractivity contribution in [3.63, 3.8) is 0 Å². The monoisotopic (exact) mass is 293 g/mol. The van der Waals surface area contributed by atoms with Crippen LogP contribution in [0.5, 0.6) is 0 Å². The minimum absolute atomic E-state index is 0.0405. The number of hydrogen-bond acceptors (Lipinski definition) is 5. The maximum Gasteiger partial charge on any atom is 0.213 e. The third-order valence-corrected chi connectivity index (χ3v) is 4.33. The normalized spacial score (nSPS) is 18.1. The van der Waals surface area contributed by atoms with Crippen molar-refractivity contribution in [2.75, 3.05) is 51.6 Å². The molecular formula is C12H27N3O3S. The first-order chi connectivity index (χ1) is 8.99. The van der Waals surface area contributed by atoms with E-state index in [1.54, 1.807) is 0 Å². The summed E-state index contributed by atoms with van der Waals surface area (Å²) in [6.07, 6.45) is 0.924. The fourth-order valence-electron chi connectivity index (χ4n) is 1.93. The van der Waals surface area contributed by atoms with Gasteiger partial charge in [0, 0.05) is 32.7 Å². The molecule has 1 rings (SSSR count). The van der Waals surface area contributed by atoms with Gasteiger partial charge in [-0.25, -0.2) is 13.1 Å². The fourth-order valence-corrected chi connectivity index (χ4v) is 2.85. The van der Waals surface area contributed by atoms with Crippen LogP contribution < -0.4 is 10.0 Å². The maximum absolute atomic E-state index is 11.6. The summed E-state index contributed by atoms with van der Waals surface area (Å²) < 4.78 is 31.2. The van der Waals surface area contributed by atoms with Crippen LogP contribution in [0.15, 0.2) is 0 Å². The largest absolute Gasteiger partial charge is 0.378 e. The molecule has 0 aromatic carbocycles. The second-order valence-electron chi connectivity index (χ2n) is 5.08. The molecule has 0 bridgehead atoms. The summed E-state index contributed by atoms with van der Waals surface area (Å²) in [6.45, 7) is 9.66. The molecule has 1 saturated heterocycles. The van der Waals surface area contributed by atoms with Gasteiger partial charge in [-0.05, 0) is 26.8 Å². The Morgan fingerprint density at radius 3 is 2.63 bits per heavy atom. The highest BCUT2D eigenvalue weighted by molar-refractivity contribution is 7.89. The van der Waals surface area contributed by atoms with E-state index >= 15 is 0 Å². The number of piperazine rings is 1. The number of hydrogen-bond donors (Lipinski definition) is 2.